The van der Waals surface area contributed by atoms with Crippen LogP contribution in [0, 0.1) is 0 Å². The second-order valence-corrected chi connectivity index (χ2v) is 0. The summed E-state index contributed by atoms with van der Waals surface area (Å²) in [5.41, 5.74) is 0. The van der Waals surface area contributed by atoms with Crippen LogP contribution < -0.4 is 0 Å². The zero-order valence-electron chi connectivity index (χ0n) is 3.84. The molecule has 0 aromatic rings. The number of hydrogen-bond donors (Lipinski definition) is 0. The Bertz CT molecular complexity index is 11.0. The Labute approximate surface area is 104 Å². The Hall–Kier alpha value is 2.16. The molecular weight excluding hydrogens is 489 g/mol. The van der Waals surface area contributed by atoms with Gasteiger partial charge < -0.3 is 32.9 Å². The molecule has 0 amide bonds. The molecule has 0 atom stereocenters. The molecule has 0 bridgehead atoms. The first-order valence-corrected chi connectivity index (χ1v) is 0. The third-order valence-corrected chi connectivity index (χ3v) is 0. The van der Waals surface area contributed by atoms with E-state index in [-0.39, 0.29) is 105 Å². The van der Waals surface area contributed by atoms with Crippen LogP contribution in [0.5, 0.6) is 0 Å². The van der Waals surface area contributed by atoms with E-state index in [0.717, 1.165) is 0 Å². The Kier molecular flexibility index (Phi) is 5000. The second kappa shape index (κ2) is 182. The Balaban J connectivity index is 0. The van der Waals surface area contributed by atoms with Crippen molar-refractivity contribution in [3.8, 4) is 0 Å². The van der Waals surface area contributed by atoms with Crippen LogP contribution in [0.2, 0.25) is 0 Å². The SMILES string of the molecule is [Nb+5].[Nb+5].[O-2].[O-2].[O-2].[O-2].[O-2].[O-2].[Pb+2]. The van der Waals surface area contributed by atoms with E-state index in [0.29, 0.717) is 0 Å². The molecule has 0 N–H and O–H groups in total. The van der Waals surface area contributed by atoms with Gasteiger partial charge in [-0.2, -0.15) is 0 Å². The van der Waals surface area contributed by atoms with Gasteiger partial charge in [0.05, 0.1) is 0 Å². The first-order valence-electron chi connectivity index (χ1n) is 0. The van der Waals surface area contributed by atoms with Gasteiger partial charge in [-0.25, -0.2) is 0 Å². The summed E-state index contributed by atoms with van der Waals surface area (Å²) < 4.78 is 0. The van der Waals surface area contributed by atoms with Crippen LogP contribution in [-0.4, -0.2) is 27.3 Å². The van der Waals surface area contributed by atoms with Crippen LogP contribution >= 0.6 is 0 Å². The maximum atomic E-state index is 0. The number of hydrogen-bond acceptors (Lipinski definition) is 0. The molecular formula is Nb2O6Pb. The molecule has 0 aliphatic carbocycles. The summed E-state index contributed by atoms with van der Waals surface area (Å²) in [6.07, 6.45) is 0. The Morgan fingerprint density at radius 1 is 0.333 bits per heavy atom. The van der Waals surface area contributed by atoms with E-state index in [1.807, 2.05) is 0 Å². The van der Waals surface area contributed by atoms with Crippen molar-refractivity contribution in [1.82, 2.24) is 0 Å². The minimum atomic E-state index is 0. The van der Waals surface area contributed by atoms with Crippen molar-refractivity contribution in [2.45, 2.75) is 0 Å². The van der Waals surface area contributed by atoms with Crippen molar-refractivity contribution in [2.75, 3.05) is 0 Å². The van der Waals surface area contributed by atoms with E-state index in [4.69, 9.17) is 0 Å². The molecule has 0 unspecified atom stereocenters. The van der Waals surface area contributed by atoms with Gasteiger partial charge in [0.2, 0.25) is 0 Å². The summed E-state index contributed by atoms with van der Waals surface area (Å²) in [7, 11) is 0. The molecule has 0 spiro atoms. The van der Waals surface area contributed by atoms with E-state index >= 15 is 0 Å². The fourth-order valence-corrected chi connectivity index (χ4v) is 0. The van der Waals surface area contributed by atoms with Crippen molar-refractivity contribution in [3.63, 3.8) is 0 Å². The third kappa shape index (κ3) is 145. The van der Waals surface area contributed by atoms with Gasteiger partial charge in [-0.1, -0.05) is 0 Å². The molecule has 0 aromatic heterocycles. The summed E-state index contributed by atoms with van der Waals surface area (Å²) in [5.74, 6) is 0. The van der Waals surface area contributed by atoms with Crippen LogP contribution in [0.1, 0.15) is 0 Å². The summed E-state index contributed by atoms with van der Waals surface area (Å²) >= 11 is 0. The molecule has 2 radical (unpaired) electrons. The van der Waals surface area contributed by atoms with Crippen molar-refractivity contribution in [2.24, 2.45) is 0 Å². The summed E-state index contributed by atoms with van der Waals surface area (Å²) in [4.78, 5) is 0. The van der Waals surface area contributed by atoms with E-state index < -0.39 is 0 Å². The van der Waals surface area contributed by atoms with E-state index in [9.17, 15) is 0 Å². The largest absolute Gasteiger partial charge is 5.00 e. The van der Waals surface area contributed by atoms with Gasteiger partial charge in [-0.15, -0.1) is 0 Å². The third-order valence-electron chi connectivity index (χ3n) is 0. The van der Waals surface area contributed by atoms with Gasteiger partial charge in [0.25, 0.3) is 0 Å². The molecule has 0 saturated carbocycles. The molecule has 0 aromatic carbocycles. The van der Waals surface area contributed by atoms with Gasteiger partial charge in [0.15, 0.2) is 0 Å². The molecule has 9 heavy (non-hydrogen) atoms. The van der Waals surface area contributed by atoms with Gasteiger partial charge in [0, 0.05) is 0 Å². The molecule has 50 valence electrons. The van der Waals surface area contributed by atoms with Crippen LogP contribution in [-0.2, 0) is 77.6 Å². The molecule has 9 heteroatoms. The maximum Gasteiger partial charge on any atom is 5.00 e. The zero-order chi connectivity index (χ0) is 0. The first-order chi connectivity index (χ1) is 0. The second-order valence-electron chi connectivity index (χ2n) is 0. The minimum Gasteiger partial charge on any atom is -2.00 e. The molecule has 0 saturated heterocycles. The van der Waals surface area contributed by atoms with Crippen LogP contribution in [0.3, 0.4) is 0 Å². The summed E-state index contributed by atoms with van der Waals surface area (Å²) in [6.45, 7) is 0. The molecule has 0 aliphatic heterocycles. The Morgan fingerprint density at radius 2 is 0.333 bits per heavy atom. The molecule has 0 fully saturated rings. The van der Waals surface area contributed by atoms with Gasteiger partial charge >= 0.3 is 72.1 Å². The topological polar surface area (TPSA) is 171 Å². The van der Waals surface area contributed by atoms with Gasteiger partial charge in [0.1, 0.15) is 0 Å². The van der Waals surface area contributed by atoms with Crippen LogP contribution in [0.25, 0.3) is 0 Å². The van der Waals surface area contributed by atoms with Crippen molar-refractivity contribution >= 4 is 27.3 Å². The molecule has 6 nitrogen and oxygen atoms in total. The predicted octanol–water partition coefficient (Wildman–Crippen LogP) is -1.10. The fourth-order valence-electron chi connectivity index (χ4n) is 0. The van der Waals surface area contributed by atoms with Gasteiger partial charge in [-0.3, -0.25) is 0 Å². The van der Waals surface area contributed by atoms with Crippen molar-refractivity contribution in [1.29, 1.82) is 0 Å². The standard InChI is InChI=1S/2Nb.6O.Pb/q2*+5;6*-2;+2. The Morgan fingerprint density at radius 3 is 0.333 bits per heavy atom. The average molecular weight is 489 g/mol. The summed E-state index contributed by atoms with van der Waals surface area (Å²) in [5, 5.41) is 0. The number of rotatable bonds is 0. The van der Waals surface area contributed by atoms with Crippen LogP contribution in [0.4, 0.5) is 0 Å². The minimum absolute atomic E-state index is 0. The fraction of sp³-hybridized carbons (Fsp3) is 0. The van der Waals surface area contributed by atoms with Gasteiger partial charge in [-0.05, 0) is 0 Å². The van der Waals surface area contributed by atoms with E-state index in [1.165, 1.54) is 0 Å². The predicted molar refractivity (Wildman–Crippen MR) is 9.87 cm³/mol. The molecule has 0 aliphatic rings. The van der Waals surface area contributed by atoms with Crippen molar-refractivity contribution < 1.29 is 77.6 Å². The normalized spacial score (nSPS) is 0. The molecule has 0 rings (SSSR count). The van der Waals surface area contributed by atoms with Crippen molar-refractivity contribution in [3.05, 3.63) is 0 Å². The quantitative estimate of drug-likeness (QED) is 0.377. The summed E-state index contributed by atoms with van der Waals surface area (Å²) in [6, 6.07) is 0. The average Bonchev–Trinajstić information content (AvgIpc) is 0. The van der Waals surface area contributed by atoms with E-state index in [2.05, 4.69) is 0 Å². The first kappa shape index (κ1) is 247. The monoisotopic (exact) mass is 490 g/mol. The van der Waals surface area contributed by atoms with E-state index in [1.54, 1.807) is 0 Å². The smallest absolute Gasteiger partial charge is 2.00 e. The zero-order valence-corrected chi connectivity index (χ0v) is 12.1. The molecule has 0 heterocycles. The maximum absolute atomic E-state index is 0. The van der Waals surface area contributed by atoms with Crippen LogP contribution in [0.15, 0.2) is 0 Å².